The van der Waals surface area contributed by atoms with Crippen LogP contribution in [0.1, 0.15) is 6.92 Å². The highest BCUT2D eigenvalue weighted by Crippen LogP contribution is 2.24. The van der Waals surface area contributed by atoms with Crippen LogP contribution in [0.5, 0.6) is 5.75 Å². The van der Waals surface area contributed by atoms with Crippen LogP contribution in [-0.2, 0) is 14.8 Å². The van der Waals surface area contributed by atoms with Crippen molar-refractivity contribution >= 4 is 27.6 Å². The van der Waals surface area contributed by atoms with Crippen molar-refractivity contribution in [2.75, 3.05) is 23.0 Å². The molecule has 3 rings (SSSR count). The summed E-state index contributed by atoms with van der Waals surface area (Å²) in [6.07, 6.45) is 2.65. The number of imidazole rings is 1. The van der Waals surface area contributed by atoms with Gasteiger partial charge in [0.15, 0.2) is 0 Å². The number of carbonyl (C=O) groups excluding carboxylic acids is 1. The van der Waals surface area contributed by atoms with E-state index in [1.165, 1.54) is 6.92 Å². The number of ether oxygens (including phenoxy) is 1. The Bertz CT molecular complexity index is 1100. The normalized spacial score (nSPS) is 12.2. The summed E-state index contributed by atoms with van der Waals surface area (Å²) in [7, 11) is -2.09. The lowest BCUT2D eigenvalue weighted by Crippen LogP contribution is -2.45. The predicted octanol–water partition coefficient (Wildman–Crippen LogP) is 2.88. The first-order chi connectivity index (χ1) is 13.8. The van der Waals surface area contributed by atoms with E-state index < -0.39 is 22.0 Å². The number of nitrogens with zero attached hydrogens (tertiary/aromatic N) is 2. The van der Waals surface area contributed by atoms with Crippen LogP contribution in [0.2, 0.25) is 0 Å². The van der Waals surface area contributed by atoms with Gasteiger partial charge in [0.05, 0.1) is 30.9 Å². The summed E-state index contributed by atoms with van der Waals surface area (Å²) < 4.78 is 30.9. The number of sulfonamides is 1. The molecule has 8 nitrogen and oxygen atoms in total. The topological polar surface area (TPSA) is 104 Å². The fourth-order valence-corrected chi connectivity index (χ4v) is 4.10. The Balaban J connectivity index is 1.79. The van der Waals surface area contributed by atoms with E-state index in [-0.39, 0.29) is 5.95 Å². The van der Waals surface area contributed by atoms with Crippen molar-refractivity contribution in [3.8, 4) is 17.0 Å². The number of anilines is 2. The van der Waals surface area contributed by atoms with Gasteiger partial charge < -0.3 is 9.72 Å². The third kappa shape index (κ3) is 4.75. The summed E-state index contributed by atoms with van der Waals surface area (Å²) in [6, 6.07) is 14.9. The maximum absolute atomic E-state index is 12.7. The van der Waals surface area contributed by atoms with Crippen LogP contribution in [0.15, 0.2) is 60.8 Å². The van der Waals surface area contributed by atoms with Gasteiger partial charge in [0.2, 0.25) is 21.9 Å². The minimum Gasteiger partial charge on any atom is -0.497 e. The molecule has 0 saturated heterocycles. The zero-order valence-corrected chi connectivity index (χ0v) is 17.1. The zero-order chi connectivity index (χ0) is 21.0. The SMILES string of the molecule is COc1cccc(-c2cnc(NC(=O)C(C)N(c3ccccc3)S(C)(=O)=O)[nH]2)c1. The lowest BCUT2D eigenvalue weighted by atomic mass is 10.1. The lowest BCUT2D eigenvalue weighted by molar-refractivity contribution is -0.116. The molecule has 2 N–H and O–H groups in total. The van der Waals surface area contributed by atoms with Crippen LogP contribution in [0, 0.1) is 0 Å². The van der Waals surface area contributed by atoms with Crippen LogP contribution in [0.3, 0.4) is 0 Å². The number of H-pyrrole nitrogens is 1. The number of amides is 1. The van der Waals surface area contributed by atoms with Gasteiger partial charge in [0, 0.05) is 5.56 Å². The summed E-state index contributed by atoms with van der Waals surface area (Å²) in [5, 5.41) is 2.64. The van der Waals surface area contributed by atoms with Crippen molar-refractivity contribution in [1.82, 2.24) is 9.97 Å². The number of aromatic nitrogens is 2. The molecule has 2 aromatic carbocycles. The molecule has 0 fully saturated rings. The highest BCUT2D eigenvalue weighted by Gasteiger charge is 2.29. The Kier molecular flexibility index (Phi) is 5.88. The first-order valence-electron chi connectivity index (χ1n) is 8.84. The van der Waals surface area contributed by atoms with Crippen LogP contribution in [-0.4, -0.2) is 43.7 Å². The van der Waals surface area contributed by atoms with E-state index in [0.717, 1.165) is 16.1 Å². The second-order valence-corrected chi connectivity index (χ2v) is 8.30. The van der Waals surface area contributed by atoms with E-state index in [1.807, 2.05) is 24.3 Å². The molecule has 29 heavy (non-hydrogen) atoms. The minimum atomic E-state index is -3.67. The van der Waals surface area contributed by atoms with Crippen molar-refractivity contribution in [2.45, 2.75) is 13.0 Å². The van der Waals surface area contributed by atoms with Gasteiger partial charge in [0.1, 0.15) is 11.8 Å². The van der Waals surface area contributed by atoms with E-state index in [4.69, 9.17) is 4.74 Å². The third-order valence-electron chi connectivity index (χ3n) is 4.30. The molecule has 0 aliphatic carbocycles. The number of rotatable bonds is 7. The van der Waals surface area contributed by atoms with Gasteiger partial charge in [-0.3, -0.25) is 14.4 Å². The van der Waals surface area contributed by atoms with Gasteiger partial charge in [-0.1, -0.05) is 30.3 Å². The largest absolute Gasteiger partial charge is 0.497 e. The molecule has 1 heterocycles. The molecule has 0 spiro atoms. The highest BCUT2D eigenvalue weighted by atomic mass is 32.2. The Morgan fingerprint density at radius 2 is 1.90 bits per heavy atom. The monoisotopic (exact) mass is 414 g/mol. The third-order valence-corrected chi connectivity index (χ3v) is 5.54. The second kappa shape index (κ2) is 8.36. The number of nitrogens with one attached hydrogen (secondary N) is 2. The van der Waals surface area contributed by atoms with Gasteiger partial charge in [-0.05, 0) is 31.2 Å². The number of carbonyl (C=O) groups is 1. The number of methoxy groups -OCH3 is 1. The molecule has 0 bridgehead atoms. The Hall–Kier alpha value is -3.33. The number of aromatic amines is 1. The number of hydrogen-bond donors (Lipinski definition) is 2. The molecule has 9 heteroatoms. The Morgan fingerprint density at radius 1 is 1.17 bits per heavy atom. The van der Waals surface area contributed by atoms with E-state index in [2.05, 4.69) is 15.3 Å². The predicted molar refractivity (Wildman–Crippen MR) is 112 cm³/mol. The highest BCUT2D eigenvalue weighted by molar-refractivity contribution is 7.92. The van der Waals surface area contributed by atoms with Gasteiger partial charge >= 0.3 is 0 Å². The smallest absolute Gasteiger partial charge is 0.250 e. The lowest BCUT2D eigenvalue weighted by Gasteiger charge is -2.27. The zero-order valence-electron chi connectivity index (χ0n) is 16.3. The van der Waals surface area contributed by atoms with E-state index >= 15 is 0 Å². The van der Waals surface area contributed by atoms with Gasteiger partial charge in [-0.15, -0.1) is 0 Å². The summed E-state index contributed by atoms with van der Waals surface area (Å²) >= 11 is 0. The molecule has 1 atom stereocenters. The maximum Gasteiger partial charge on any atom is 0.250 e. The average molecular weight is 414 g/mol. The van der Waals surface area contributed by atoms with Gasteiger partial charge in [0.25, 0.3) is 0 Å². The fourth-order valence-electron chi connectivity index (χ4n) is 2.93. The van der Waals surface area contributed by atoms with Crippen LogP contribution >= 0.6 is 0 Å². The van der Waals surface area contributed by atoms with Crippen LogP contribution < -0.4 is 14.4 Å². The summed E-state index contributed by atoms with van der Waals surface area (Å²) in [4.78, 5) is 19.9. The molecular formula is C20H22N4O4S. The second-order valence-electron chi connectivity index (χ2n) is 6.44. The fraction of sp³-hybridized carbons (Fsp3) is 0.200. The molecular weight excluding hydrogens is 392 g/mol. The molecule has 1 amide bonds. The van der Waals surface area contributed by atoms with Crippen molar-refractivity contribution in [3.05, 3.63) is 60.8 Å². The number of benzene rings is 2. The van der Waals surface area contributed by atoms with Gasteiger partial charge in [-0.2, -0.15) is 0 Å². The number of hydrogen-bond acceptors (Lipinski definition) is 5. The summed E-state index contributed by atoms with van der Waals surface area (Å²) in [6.45, 7) is 1.52. The first kappa shape index (κ1) is 20.4. The molecule has 3 aromatic rings. The Labute approximate surface area is 169 Å². The standard InChI is InChI=1S/C20H22N4O4S/c1-14(24(29(3,26)27)16-9-5-4-6-10-16)19(25)23-20-21-13-18(22-20)15-8-7-11-17(12-15)28-2/h4-14H,1-3H3,(H2,21,22,23,25). The van der Waals surface area contributed by atoms with Crippen LogP contribution in [0.25, 0.3) is 11.3 Å². The molecule has 0 saturated carbocycles. The molecule has 0 aliphatic rings. The van der Waals surface area contributed by atoms with Crippen molar-refractivity contribution in [1.29, 1.82) is 0 Å². The Morgan fingerprint density at radius 3 is 2.55 bits per heavy atom. The van der Waals surface area contributed by atoms with Gasteiger partial charge in [-0.25, -0.2) is 13.4 Å². The summed E-state index contributed by atoms with van der Waals surface area (Å²) in [5.74, 6) is 0.412. The van der Waals surface area contributed by atoms with E-state index in [9.17, 15) is 13.2 Å². The average Bonchev–Trinajstić information content (AvgIpc) is 3.16. The summed E-state index contributed by atoms with van der Waals surface area (Å²) in [5.41, 5.74) is 1.94. The maximum atomic E-state index is 12.7. The van der Waals surface area contributed by atoms with Crippen molar-refractivity contribution in [3.63, 3.8) is 0 Å². The molecule has 0 aliphatic heterocycles. The van der Waals surface area contributed by atoms with E-state index in [0.29, 0.717) is 17.1 Å². The van der Waals surface area contributed by atoms with Crippen LogP contribution in [0.4, 0.5) is 11.6 Å². The molecule has 152 valence electrons. The number of para-hydroxylation sites is 1. The molecule has 1 aromatic heterocycles. The van der Waals surface area contributed by atoms with Crippen molar-refractivity contribution < 1.29 is 17.9 Å². The minimum absolute atomic E-state index is 0.223. The quantitative estimate of drug-likeness (QED) is 0.619. The molecule has 1 unspecified atom stereocenters. The van der Waals surface area contributed by atoms with Crippen molar-refractivity contribution in [2.24, 2.45) is 0 Å². The first-order valence-corrected chi connectivity index (χ1v) is 10.7. The molecule has 0 radical (unpaired) electrons. The van der Waals surface area contributed by atoms with E-state index in [1.54, 1.807) is 43.6 Å².